The van der Waals surface area contributed by atoms with Crippen molar-refractivity contribution in [3.8, 4) is 0 Å². The Bertz CT molecular complexity index is 391. The van der Waals surface area contributed by atoms with Crippen molar-refractivity contribution in [2.75, 3.05) is 24.2 Å². The summed E-state index contributed by atoms with van der Waals surface area (Å²) in [7, 11) is -3.63. The lowest BCUT2D eigenvalue weighted by Gasteiger charge is -2.05. The lowest BCUT2D eigenvalue weighted by Crippen LogP contribution is -2.12. The SMILES string of the molecule is O=S(=O)(OCCOCCI)c1ccccc1. The van der Waals surface area contributed by atoms with Gasteiger partial charge in [-0.3, -0.25) is 4.18 Å². The van der Waals surface area contributed by atoms with E-state index in [0.29, 0.717) is 6.61 Å². The first kappa shape index (κ1) is 13.9. The van der Waals surface area contributed by atoms with E-state index in [2.05, 4.69) is 22.6 Å². The van der Waals surface area contributed by atoms with E-state index in [-0.39, 0.29) is 18.1 Å². The van der Waals surface area contributed by atoms with Gasteiger partial charge in [0.25, 0.3) is 10.1 Å². The molecule has 0 heterocycles. The highest BCUT2D eigenvalue weighted by molar-refractivity contribution is 14.1. The second kappa shape index (κ2) is 7.21. The number of hydrogen-bond acceptors (Lipinski definition) is 4. The van der Waals surface area contributed by atoms with Crippen molar-refractivity contribution in [1.82, 2.24) is 0 Å². The molecule has 0 saturated carbocycles. The molecule has 0 spiro atoms. The van der Waals surface area contributed by atoms with Crippen molar-refractivity contribution in [1.29, 1.82) is 0 Å². The highest BCUT2D eigenvalue weighted by Crippen LogP contribution is 2.10. The number of halogens is 1. The molecule has 0 saturated heterocycles. The summed E-state index contributed by atoms with van der Waals surface area (Å²) in [4.78, 5) is 0.170. The average molecular weight is 356 g/mol. The quantitative estimate of drug-likeness (QED) is 0.324. The Kier molecular flexibility index (Phi) is 6.25. The van der Waals surface area contributed by atoms with Crippen LogP contribution >= 0.6 is 22.6 Å². The molecule has 1 aromatic carbocycles. The molecular formula is C10H13IO4S. The molecule has 0 aliphatic carbocycles. The number of alkyl halides is 1. The van der Waals surface area contributed by atoms with Crippen LogP contribution in [-0.4, -0.2) is 32.7 Å². The zero-order valence-electron chi connectivity index (χ0n) is 8.63. The maximum absolute atomic E-state index is 11.6. The van der Waals surface area contributed by atoms with Crippen LogP contribution in [0.3, 0.4) is 0 Å². The molecule has 0 radical (unpaired) electrons. The van der Waals surface area contributed by atoms with E-state index in [1.807, 2.05) is 0 Å². The molecular weight excluding hydrogens is 343 g/mol. The molecule has 0 bridgehead atoms. The Labute approximate surface area is 109 Å². The Hall–Kier alpha value is -0.180. The van der Waals surface area contributed by atoms with Gasteiger partial charge in [0.15, 0.2) is 0 Å². The summed E-state index contributed by atoms with van der Waals surface area (Å²) in [5.74, 6) is 0. The van der Waals surface area contributed by atoms with Gasteiger partial charge in [-0.05, 0) is 12.1 Å². The second-order valence-electron chi connectivity index (χ2n) is 2.89. The number of benzene rings is 1. The molecule has 1 aromatic rings. The molecule has 0 unspecified atom stereocenters. The van der Waals surface area contributed by atoms with E-state index in [4.69, 9.17) is 8.92 Å². The van der Waals surface area contributed by atoms with E-state index in [9.17, 15) is 8.42 Å². The Morgan fingerprint density at radius 2 is 1.75 bits per heavy atom. The van der Waals surface area contributed by atoms with Gasteiger partial charge in [0.05, 0.1) is 24.7 Å². The van der Waals surface area contributed by atoms with Crippen molar-refractivity contribution >= 4 is 32.7 Å². The van der Waals surface area contributed by atoms with Gasteiger partial charge in [-0.25, -0.2) is 0 Å². The van der Waals surface area contributed by atoms with Crippen LogP contribution in [0.1, 0.15) is 0 Å². The fourth-order valence-electron chi connectivity index (χ4n) is 1.01. The largest absolute Gasteiger partial charge is 0.378 e. The molecule has 0 atom stereocenters. The third-order valence-electron chi connectivity index (χ3n) is 1.72. The maximum atomic E-state index is 11.6. The van der Waals surface area contributed by atoms with Crippen molar-refractivity contribution in [2.24, 2.45) is 0 Å². The molecule has 0 aliphatic heterocycles. The zero-order chi connectivity index (χ0) is 11.9. The fraction of sp³-hybridized carbons (Fsp3) is 0.400. The smallest absolute Gasteiger partial charge is 0.297 e. The van der Waals surface area contributed by atoms with Gasteiger partial charge in [0.2, 0.25) is 0 Å². The van der Waals surface area contributed by atoms with Crippen LogP contribution in [0.25, 0.3) is 0 Å². The Morgan fingerprint density at radius 1 is 1.06 bits per heavy atom. The van der Waals surface area contributed by atoms with Gasteiger partial charge in [0.1, 0.15) is 0 Å². The minimum atomic E-state index is -3.63. The lowest BCUT2D eigenvalue weighted by atomic mass is 10.4. The summed E-state index contributed by atoms with van der Waals surface area (Å²) in [6, 6.07) is 8.07. The average Bonchev–Trinajstić information content (AvgIpc) is 2.30. The van der Waals surface area contributed by atoms with Gasteiger partial charge in [-0.1, -0.05) is 40.8 Å². The highest BCUT2D eigenvalue weighted by atomic mass is 127. The van der Waals surface area contributed by atoms with Gasteiger partial charge < -0.3 is 4.74 Å². The first-order chi connectivity index (χ1) is 7.67. The highest BCUT2D eigenvalue weighted by Gasteiger charge is 2.13. The monoisotopic (exact) mass is 356 g/mol. The Morgan fingerprint density at radius 3 is 2.38 bits per heavy atom. The van der Waals surface area contributed by atoms with Crippen molar-refractivity contribution in [2.45, 2.75) is 4.90 Å². The summed E-state index contributed by atoms with van der Waals surface area (Å²) in [6.07, 6.45) is 0. The predicted molar refractivity (Wildman–Crippen MR) is 69.3 cm³/mol. The minimum Gasteiger partial charge on any atom is -0.378 e. The summed E-state index contributed by atoms with van der Waals surface area (Å²) < 4.78 is 34.0. The van der Waals surface area contributed by atoms with Gasteiger partial charge in [0, 0.05) is 4.43 Å². The molecule has 6 heteroatoms. The van der Waals surface area contributed by atoms with E-state index >= 15 is 0 Å². The van der Waals surface area contributed by atoms with E-state index in [0.717, 1.165) is 4.43 Å². The second-order valence-corrected chi connectivity index (χ2v) is 5.58. The normalized spacial score (nSPS) is 11.6. The van der Waals surface area contributed by atoms with E-state index in [1.165, 1.54) is 12.1 Å². The third kappa shape index (κ3) is 4.77. The minimum absolute atomic E-state index is 0.0495. The molecule has 0 N–H and O–H groups in total. The van der Waals surface area contributed by atoms with Crippen LogP contribution in [0.15, 0.2) is 35.2 Å². The lowest BCUT2D eigenvalue weighted by molar-refractivity contribution is 0.115. The van der Waals surface area contributed by atoms with Crippen molar-refractivity contribution < 1.29 is 17.3 Å². The molecule has 1 rings (SSSR count). The maximum Gasteiger partial charge on any atom is 0.297 e. The third-order valence-corrected chi connectivity index (χ3v) is 3.49. The summed E-state index contributed by atoms with van der Waals surface area (Å²) >= 11 is 2.18. The Balaban J connectivity index is 2.41. The van der Waals surface area contributed by atoms with Crippen molar-refractivity contribution in [3.05, 3.63) is 30.3 Å². The molecule has 0 fully saturated rings. The zero-order valence-corrected chi connectivity index (χ0v) is 11.6. The van der Waals surface area contributed by atoms with Gasteiger partial charge in [-0.2, -0.15) is 8.42 Å². The molecule has 90 valence electrons. The van der Waals surface area contributed by atoms with Crippen LogP contribution in [-0.2, 0) is 19.0 Å². The first-order valence-electron chi connectivity index (χ1n) is 4.75. The van der Waals surface area contributed by atoms with Crippen LogP contribution in [0.5, 0.6) is 0 Å². The molecule has 0 aliphatic rings. The van der Waals surface area contributed by atoms with Crippen LogP contribution < -0.4 is 0 Å². The van der Waals surface area contributed by atoms with Crippen molar-refractivity contribution in [3.63, 3.8) is 0 Å². The molecule has 0 amide bonds. The first-order valence-corrected chi connectivity index (χ1v) is 7.68. The predicted octanol–water partition coefficient (Wildman–Crippen LogP) is 1.84. The van der Waals surface area contributed by atoms with E-state index in [1.54, 1.807) is 18.2 Å². The molecule has 4 nitrogen and oxygen atoms in total. The number of ether oxygens (including phenoxy) is 1. The van der Waals surface area contributed by atoms with Crippen LogP contribution in [0.4, 0.5) is 0 Å². The summed E-state index contributed by atoms with van der Waals surface area (Å²) in [5.41, 5.74) is 0. The van der Waals surface area contributed by atoms with Crippen LogP contribution in [0, 0.1) is 0 Å². The fourth-order valence-corrected chi connectivity index (χ4v) is 2.24. The topological polar surface area (TPSA) is 52.6 Å². The molecule has 0 aromatic heterocycles. The van der Waals surface area contributed by atoms with Gasteiger partial charge >= 0.3 is 0 Å². The molecule has 16 heavy (non-hydrogen) atoms. The number of hydrogen-bond donors (Lipinski definition) is 0. The summed E-state index contributed by atoms with van der Waals surface area (Å²) in [6.45, 7) is 0.943. The van der Waals surface area contributed by atoms with Crippen LogP contribution in [0.2, 0.25) is 0 Å². The summed E-state index contributed by atoms with van der Waals surface area (Å²) in [5, 5.41) is 0. The standard InChI is InChI=1S/C10H13IO4S/c11-6-7-14-8-9-15-16(12,13)10-4-2-1-3-5-10/h1-5H,6-9H2. The van der Waals surface area contributed by atoms with E-state index < -0.39 is 10.1 Å². The van der Waals surface area contributed by atoms with Gasteiger partial charge in [-0.15, -0.1) is 0 Å². The number of rotatable bonds is 7.